The number of hydrogen-bond acceptors (Lipinski definition) is 7. The highest BCUT2D eigenvalue weighted by atomic mass is 32.2. The lowest BCUT2D eigenvalue weighted by molar-refractivity contribution is -0.127. The first-order valence-corrected chi connectivity index (χ1v) is 10.5. The van der Waals surface area contributed by atoms with Gasteiger partial charge in [-0.3, -0.25) is 14.0 Å². The molecule has 1 aromatic carbocycles. The molecule has 2 heterocycles. The molecule has 0 fully saturated rings. The van der Waals surface area contributed by atoms with E-state index in [1.165, 1.54) is 40.7 Å². The molecule has 146 valence electrons. The summed E-state index contributed by atoms with van der Waals surface area (Å²) in [6, 6.07) is 8.47. The minimum atomic E-state index is -0.388. The van der Waals surface area contributed by atoms with Crippen molar-refractivity contribution in [2.75, 3.05) is 19.9 Å². The average molecular weight is 418 g/mol. The van der Waals surface area contributed by atoms with Gasteiger partial charge in [-0.2, -0.15) is 0 Å². The molecule has 0 radical (unpaired) electrons. The quantitative estimate of drug-likeness (QED) is 0.549. The Bertz CT molecular complexity index is 1040. The number of benzene rings is 1. The van der Waals surface area contributed by atoms with E-state index >= 15 is 0 Å². The van der Waals surface area contributed by atoms with Gasteiger partial charge < -0.3 is 9.64 Å². The fourth-order valence-corrected chi connectivity index (χ4v) is 4.13. The highest BCUT2D eigenvalue weighted by Gasteiger charge is 2.11. The number of thioether (sulfide) groups is 1. The van der Waals surface area contributed by atoms with Crippen LogP contribution >= 0.6 is 23.1 Å². The van der Waals surface area contributed by atoms with E-state index in [1.54, 1.807) is 42.4 Å². The first kappa shape index (κ1) is 20.1. The first-order chi connectivity index (χ1) is 13.5. The number of amides is 1. The van der Waals surface area contributed by atoms with Crippen LogP contribution in [-0.2, 0) is 21.8 Å². The van der Waals surface area contributed by atoms with Crippen LogP contribution in [0.15, 0.2) is 46.7 Å². The smallest absolute Gasteiger partial charge is 0.337 e. The number of hydrogen-bond donors (Lipinski definition) is 0. The Balaban J connectivity index is 1.51. The number of aromatic nitrogens is 2. The van der Waals surface area contributed by atoms with E-state index in [0.717, 1.165) is 5.56 Å². The second-order valence-electron chi connectivity index (χ2n) is 6.07. The number of rotatable bonds is 7. The predicted octanol–water partition coefficient (Wildman–Crippen LogP) is 2.43. The van der Waals surface area contributed by atoms with Gasteiger partial charge >= 0.3 is 5.97 Å². The van der Waals surface area contributed by atoms with Crippen LogP contribution in [0.5, 0.6) is 0 Å². The second kappa shape index (κ2) is 9.03. The SMILES string of the molecule is COC(=O)c1ccc(CN(C)C(=O)CSCc2cc(=O)n3ccsc3n2)cc1. The molecule has 0 saturated carbocycles. The van der Waals surface area contributed by atoms with Crippen LogP contribution in [0.2, 0.25) is 0 Å². The van der Waals surface area contributed by atoms with Gasteiger partial charge in [0.25, 0.3) is 5.56 Å². The Morgan fingerprint density at radius 3 is 2.75 bits per heavy atom. The molecule has 0 aliphatic carbocycles. The molecule has 2 aromatic heterocycles. The van der Waals surface area contributed by atoms with Gasteiger partial charge in [0, 0.05) is 37.0 Å². The number of carbonyl (C=O) groups excluding carboxylic acids is 2. The summed E-state index contributed by atoms with van der Waals surface area (Å²) >= 11 is 2.83. The van der Waals surface area contributed by atoms with Crippen LogP contribution in [0.3, 0.4) is 0 Å². The van der Waals surface area contributed by atoms with Crippen molar-refractivity contribution in [2.24, 2.45) is 0 Å². The molecule has 0 bridgehead atoms. The van der Waals surface area contributed by atoms with E-state index in [1.807, 2.05) is 5.38 Å². The highest BCUT2D eigenvalue weighted by molar-refractivity contribution is 7.99. The van der Waals surface area contributed by atoms with Crippen LogP contribution < -0.4 is 5.56 Å². The molecule has 0 aliphatic heterocycles. The van der Waals surface area contributed by atoms with Gasteiger partial charge in [0.15, 0.2) is 4.96 Å². The van der Waals surface area contributed by atoms with E-state index in [4.69, 9.17) is 0 Å². The third-order valence-corrected chi connectivity index (χ3v) is 5.76. The van der Waals surface area contributed by atoms with Crippen molar-refractivity contribution < 1.29 is 14.3 Å². The molecular formula is C19H19N3O4S2. The lowest BCUT2D eigenvalue weighted by Gasteiger charge is -2.17. The summed E-state index contributed by atoms with van der Waals surface area (Å²) < 4.78 is 6.17. The van der Waals surface area contributed by atoms with Crippen molar-refractivity contribution >= 4 is 39.9 Å². The van der Waals surface area contributed by atoms with Crippen molar-refractivity contribution in [1.29, 1.82) is 0 Å². The Kier molecular flexibility index (Phi) is 6.48. The first-order valence-electron chi connectivity index (χ1n) is 8.42. The number of carbonyl (C=O) groups is 2. The standard InChI is InChI=1S/C19H19N3O4S2/c1-21(10-13-3-5-14(6-4-13)18(25)26-2)17(24)12-27-11-15-9-16(23)22-7-8-28-19(22)20-15/h3-9H,10-12H2,1-2H3. The summed E-state index contributed by atoms with van der Waals surface area (Å²) in [6.45, 7) is 0.446. The van der Waals surface area contributed by atoms with Crippen LogP contribution in [-0.4, -0.2) is 46.1 Å². The van der Waals surface area contributed by atoms with Crippen molar-refractivity contribution in [2.45, 2.75) is 12.3 Å². The van der Waals surface area contributed by atoms with E-state index in [-0.39, 0.29) is 17.4 Å². The Morgan fingerprint density at radius 2 is 2.04 bits per heavy atom. The summed E-state index contributed by atoms with van der Waals surface area (Å²) in [7, 11) is 3.07. The van der Waals surface area contributed by atoms with Gasteiger partial charge in [0.05, 0.1) is 24.1 Å². The van der Waals surface area contributed by atoms with E-state index in [0.29, 0.717) is 34.3 Å². The number of thiazole rings is 1. The van der Waals surface area contributed by atoms with Crippen LogP contribution in [0.1, 0.15) is 21.6 Å². The van der Waals surface area contributed by atoms with Crippen molar-refractivity contribution in [3.8, 4) is 0 Å². The van der Waals surface area contributed by atoms with Crippen molar-refractivity contribution in [3.05, 3.63) is 69.1 Å². The van der Waals surface area contributed by atoms with Crippen LogP contribution in [0, 0.1) is 0 Å². The molecule has 0 spiro atoms. The number of methoxy groups -OCH3 is 1. The van der Waals surface area contributed by atoms with Crippen molar-refractivity contribution in [1.82, 2.24) is 14.3 Å². The van der Waals surface area contributed by atoms with Gasteiger partial charge in [0.2, 0.25) is 5.91 Å². The van der Waals surface area contributed by atoms with E-state index in [9.17, 15) is 14.4 Å². The maximum absolute atomic E-state index is 12.3. The maximum Gasteiger partial charge on any atom is 0.337 e. The van der Waals surface area contributed by atoms with Gasteiger partial charge in [-0.1, -0.05) is 12.1 Å². The lowest BCUT2D eigenvalue weighted by atomic mass is 10.1. The number of fused-ring (bicyclic) bond motifs is 1. The molecular weight excluding hydrogens is 398 g/mol. The van der Waals surface area contributed by atoms with Crippen LogP contribution in [0.4, 0.5) is 0 Å². The monoisotopic (exact) mass is 417 g/mol. The third-order valence-electron chi connectivity index (χ3n) is 4.05. The van der Waals surface area contributed by atoms with Crippen molar-refractivity contribution in [3.63, 3.8) is 0 Å². The molecule has 0 saturated heterocycles. The second-order valence-corrected chi connectivity index (χ2v) is 7.93. The third kappa shape index (κ3) is 4.79. The zero-order chi connectivity index (χ0) is 20.1. The van der Waals surface area contributed by atoms with Gasteiger partial charge in [0.1, 0.15) is 0 Å². The molecule has 0 N–H and O–H groups in total. The Labute approximate surface area is 170 Å². The van der Waals surface area contributed by atoms with Crippen LogP contribution in [0.25, 0.3) is 4.96 Å². The molecule has 9 heteroatoms. The topological polar surface area (TPSA) is 81.0 Å². The summed E-state index contributed by atoms with van der Waals surface area (Å²) in [5.41, 5.74) is 1.96. The molecule has 28 heavy (non-hydrogen) atoms. The summed E-state index contributed by atoms with van der Waals surface area (Å²) in [6.07, 6.45) is 1.70. The molecule has 0 unspecified atom stereocenters. The number of nitrogens with zero attached hydrogens (tertiary/aromatic N) is 3. The predicted molar refractivity (Wildman–Crippen MR) is 110 cm³/mol. The zero-order valence-electron chi connectivity index (χ0n) is 15.5. The average Bonchev–Trinajstić information content (AvgIpc) is 3.17. The fourth-order valence-electron chi connectivity index (χ4n) is 2.54. The lowest BCUT2D eigenvalue weighted by Crippen LogP contribution is -2.27. The molecule has 3 rings (SSSR count). The minimum absolute atomic E-state index is 0.0176. The number of ether oxygens (including phenoxy) is 1. The molecule has 7 nitrogen and oxygen atoms in total. The van der Waals surface area contributed by atoms with Gasteiger partial charge in [-0.15, -0.1) is 23.1 Å². The molecule has 1 amide bonds. The molecule has 0 atom stereocenters. The van der Waals surface area contributed by atoms with Gasteiger partial charge in [-0.25, -0.2) is 9.78 Å². The Hall–Kier alpha value is -2.65. The summed E-state index contributed by atoms with van der Waals surface area (Å²) in [4.78, 5) is 42.5. The van der Waals surface area contributed by atoms with Gasteiger partial charge in [-0.05, 0) is 17.7 Å². The fraction of sp³-hybridized carbons (Fsp3) is 0.263. The van der Waals surface area contributed by atoms with E-state index < -0.39 is 0 Å². The number of esters is 1. The summed E-state index contributed by atoms with van der Waals surface area (Å²) in [5.74, 6) is 0.386. The highest BCUT2D eigenvalue weighted by Crippen LogP contribution is 2.14. The normalized spacial score (nSPS) is 10.8. The summed E-state index contributed by atoms with van der Waals surface area (Å²) in [5, 5.41) is 1.82. The molecule has 3 aromatic rings. The maximum atomic E-state index is 12.3. The minimum Gasteiger partial charge on any atom is -0.465 e. The van der Waals surface area contributed by atoms with E-state index in [2.05, 4.69) is 9.72 Å². The zero-order valence-corrected chi connectivity index (χ0v) is 17.1. The molecule has 0 aliphatic rings. The Morgan fingerprint density at radius 1 is 1.29 bits per heavy atom. The largest absolute Gasteiger partial charge is 0.465 e.